The Labute approximate surface area is 140 Å². The van der Waals surface area contributed by atoms with Crippen LogP contribution in [-0.4, -0.2) is 41.3 Å². The number of likely N-dealkylation sites (tertiary alicyclic amines) is 1. The molecule has 2 amide bonds. The highest BCUT2D eigenvalue weighted by Crippen LogP contribution is 2.31. The van der Waals surface area contributed by atoms with Crippen molar-refractivity contribution in [2.24, 2.45) is 5.92 Å². The molecule has 0 bridgehead atoms. The zero-order valence-electron chi connectivity index (χ0n) is 13.8. The summed E-state index contributed by atoms with van der Waals surface area (Å²) in [4.78, 5) is 32.8. The molecule has 1 saturated heterocycles. The van der Waals surface area contributed by atoms with Gasteiger partial charge >= 0.3 is 6.01 Å². The average Bonchev–Trinajstić information content (AvgIpc) is 3.31. The standard InChI is InChI=1S/C18H21N3O3/c1-20(18-19-14-8-4-5-9-15(14)24-18)17(23)12-10-16(22)21(11-12)13-6-2-3-7-13/h4-5,8-9,12-13H,2-3,6-7,10-11H2,1H3. The van der Waals surface area contributed by atoms with E-state index in [2.05, 4.69) is 4.98 Å². The Morgan fingerprint density at radius 3 is 2.79 bits per heavy atom. The number of amides is 2. The number of hydrogen-bond acceptors (Lipinski definition) is 4. The molecule has 1 atom stereocenters. The average molecular weight is 327 g/mol. The third-order valence-electron chi connectivity index (χ3n) is 5.17. The summed E-state index contributed by atoms with van der Waals surface area (Å²) in [6.45, 7) is 0.521. The summed E-state index contributed by atoms with van der Waals surface area (Å²) in [5.41, 5.74) is 1.38. The highest BCUT2D eigenvalue weighted by molar-refractivity contribution is 5.98. The van der Waals surface area contributed by atoms with Crippen LogP contribution in [0.25, 0.3) is 11.1 Å². The molecule has 126 valence electrons. The molecule has 1 aromatic heterocycles. The molecule has 4 rings (SSSR count). The normalized spacial score (nSPS) is 21.8. The van der Waals surface area contributed by atoms with Crippen LogP contribution in [0.5, 0.6) is 0 Å². The van der Waals surface area contributed by atoms with Gasteiger partial charge in [0.1, 0.15) is 5.52 Å². The van der Waals surface area contributed by atoms with E-state index in [-0.39, 0.29) is 23.7 Å². The SMILES string of the molecule is CN(C(=O)C1CC(=O)N(C2CCCC2)C1)c1nc2ccccc2o1. The first-order valence-corrected chi connectivity index (χ1v) is 8.56. The van der Waals surface area contributed by atoms with Gasteiger partial charge < -0.3 is 9.32 Å². The van der Waals surface area contributed by atoms with Gasteiger partial charge in [-0.15, -0.1) is 0 Å². The van der Waals surface area contributed by atoms with Gasteiger partial charge in [0.2, 0.25) is 11.8 Å². The van der Waals surface area contributed by atoms with Crippen molar-refractivity contribution in [2.75, 3.05) is 18.5 Å². The van der Waals surface area contributed by atoms with Crippen LogP contribution in [0.4, 0.5) is 6.01 Å². The number of carbonyl (C=O) groups is 2. The first kappa shape index (κ1) is 15.2. The predicted octanol–water partition coefficient (Wildman–Crippen LogP) is 2.58. The van der Waals surface area contributed by atoms with Crippen molar-refractivity contribution >= 4 is 28.9 Å². The largest absolute Gasteiger partial charge is 0.423 e. The zero-order valence-corrected chi connectivity index (χ0v) is 13.8. The summed E-state index contributed by atoms with van der Waals surface area (Å²) in [5, 5.41) is 0. The molecule has 0 N–H and O–H groups in total. The van der Waals surface area contributed by atoms with Crippen LogP contribution >= 0.6 is 0 Å². The lowest BCUT2D eigenvalue weighted by atomic mass is 10.1. The summed E-state index contributed by atoms with van der Waals surface area (Å²) in [6, 6.07) is 8.03. The predicted molar refractivity (Wildman–Crippen MR) is 89.5 cm³/mol. The number of rotatable bonds is 3. The van der Waals surface area contributed by atoms with Crippen molar-refractivity contribution in [3.05, 3.63) is 24.3 Å². The fourth-order valence-corrected chi connectivity index (χ4v) is 3.84. The third-order valence-corrected chi connectivity index (χ3v) is 5.17. The van der Waals surface area contributed by atoms with Crippen LogP contribution < -0.4 is 4.90 Å². The number of aromatic nitrogens is 1. The molecule has 2 aromatic rings. The Balaban J connectivity index is 1.49. The van der Waals surface area contributed by atoms with Crippen molar-refractivity contribution < 1.29 is 14.0 Å². The van der Waals surface area contributed by atoms with Gasteiger partial charge in [-0.1, -0.05) is 25.0 Å². The molecule has 1 aromatic carbocycles. The summed E-state index contributed by atoms with van der Waals surface area (Å²) < 4.78 is 5.66. The van der Waals surface area contributed by atoms with E-state index in [1.54, 1.807) is 7.05 Å². The fourth-order valence-electron chi connectivity index (χ4n) is 3.84. The molecule has 1 unspecified atom stereocenters. The number of nitrogens with zero attached hydrogens (tertiary/aromatic N) is 3. The Hall–Kier alpha value is -2.37. The maximum atomic E-state index is 12.8. The van der Waals surface area contributed by atoms with Gasteiger partial charge in [-0.05, 0) is 25.0 Å². The van der Waals surface area contributed by atoms with Crippen molar-refractivity contribution in [1.29, 1.82) is 0 Å². The lowest BCUT2D eigenvalue weighted by Gasteiger charge is -2.24. The molecule has 0 spiro atoms. The van der Waals surface area contributed by atoms with Gasteiger partial charge in [0.25, 0.3) is 0 Å². The van der Waals surface area contributed by atoms with Crippen molar-refractivity contribution in [3.63, 3.8) is 0 Å². The molecule has 1 aliphatic carbocycles. The summed E-state index contributed by atoms with van der Waals surface area (Å²) >= 11 is 0. The lowest BCUT2D eigenvalue weighted by Crippen LogP contribution is -2.37. The number of carbonyl (C=O) groups excluding carboxylic acids is 2. The maximum Gasteiger partial charge on any atom is 0.304 e. The van der Waals surface area contributed by atoms with E-state index >= 15 is 0 Å². The van der Waals surface area contributed by atoms with E-state index in [1.165, 1.54) is 17.7 Å². The maximum absolute atomic E-state index is 12.8. The Bertz CT molecular complexity index is 746. The number of benzene rings is 1. The Morgan fingerprint density at radius 2 is 2.04 bits per heavy atom. The van der Waals surface area contributed by atoms with Crippen LogP contribution in [0, 0.1) is 5.92 Å². The van der Waals surface area contributed by atoms with Gasteiger partial charge in [0.05, 0.1) is 5.92 Å². The minimum Gasteiger partial charge on any atom is -0.423 e. The summed E-state index contributed by atoms with van der Waals surface area (Å²) in [5.74, 6) is -0.306. The molecule has 1 saturated carbocycles. The smallest absolute Gasteiger partial charge is 0.304 e. The molecule has 2 fully saturated rings. The fraction of sp³-hybridized carbons (Fsp3) is 0.500. The highest BCUT2D eigenvalue weighted by Gasteiger charge is 2.40. The molecular weight excluding hydrogens is 306 g/mol. The molecule has 6 heteroatoms. The number of hydrogen-bond donors (Lipinski definition) is 0. The third kappa shape index (κ3) is 2.56. The van der Waals surface area contributed by atoms with E-state index < -0.39 is 0 Å². The molecule has 1 aliphatic heterocycles. The minimum atomic E-state index is -0.307. The van der Waals surface area contributed by atoms with E-state index in [4.69, 9.17) is 4.42 Å². The van der Waals surface area contributed by atoms with Crippen LogP contribution in [0.1, 0.15) is 32.1 Å². The van der Waals surface area contributed by atoms with Crippen LogP contribution in [-0.2, 0) is 9.59 Å². The second-order valence-corrected chi connectivity index (χ2v) is 6.75. The van der Waals surface area contributed by atoms with Gasteiger partial charge in [0.15, 0.2) is 5.58 Å². The van der Waals surface area contributed by atoms with Gasteiger partial charge in [0, 0.05) is 26.1 Å². The topological polar surface area (TPSA) is 66.7 Å². The second-order valence-electron chi connectivity index (χ2n) is 6.75. The van der Waals surface area contributed by atoms with E-state index in [9.17, 15) is 9.59 Å². The summed E-state index contributed by atoms with van der Waals surface area (Å²) in [7, 11) is 1.66. The van der Waals surface area contributed by atoms with Crippen molar-refractivity contribution in [1.82, 2.24) is 9.88 Å². The zero-order chi connectivity index (χ0) is 16.7. The second kappa shape index (κ2) is 5.92. The highest BCUT2D eigenvalue weighted by atomic mass is 16.4. The van der Waals surface area contributed by atoms with Gasteiger partial charge in [-0.25, -0.2) is 0 Å². The molecule has 6 nitrogen and oxygen atoms in total. The lowest BCUT2D eigenvalue weighted by molar-refractivity contribution is -0.130. The van der Waals surface area contributed by atoms with Crippen molar-refractivity contribution in [2.45, 2.75) is 38.1 Å². The van der Waals surface area contributed by atoms with Crippen LogP contribution in [0.2, 0.25) is 0 Å². The first-order chi connectivity index (χ1) is 11.6. The van der Waals surface area contributed by atoms with E-state index in [1.807, 2.05) is 29.2 Å². The first-order valence-electron chi connectivity index (χ1n) is 8.56. The van der Waals surface area contributed by atoms with Crippen LogP contribution in [0.3, 0.4) is 0 Å². The number of fused-ring (bicyclic) bond motifs is 1. The van der Waals surface area contributed by atoms with Crippen molar-refractivity contribution in [3.8, 4) is 0 Å². The van der Waals surface area contributed by atoms with E-state index in [0.717, 1.165) is 18.4 Å². The minimum absolute atomic E-state index is 0.101. The van der Waals surface area contributed by atoms with Gasteiger partial charge in [-0.2, -0.15) is 4.98 Å². The Kier molecular flexibility index (Phi) is 3.75. The quantitative estimate of drug-likeness (QED) is 0.869. The molecule has 0 radical (unpaired) electrons. The van der Waals surface area contributed by atoms with E-state index in [0.29, 0.717) is 24.6 Å². The number of anilines is 1. The molecule has 2 heterocycles. The molecule has 24 heavy (non-hydrogen) atoms. The Morgan fingerprint density at radius 1 is 1.29 bits per heavy atom. The number of para-hydroxylation sites is 2. The summed E-state index contributed by atoms with van der Waals surface area (Å²) in [6.07, 6.45) is 4.77. The van der Waals surface area contributed by atoms with Gasteiger partial charge in [-0.3, -0.25) is 14.5 Å². The molecule has 2 aliphatic rings. The monoisotopic (exact) mass is 327 g/mol. The molecular formula is C18H21N3O3. The number of oxazole rings is 1. The van der Waals surface area contributed by atoms with Crippen LogP contribution in [0.15, 0.2) is 28.7 Å².